The van der Waals surface area contributed by atoms with Crippen LogP contribution in [-0.2, 0) is 4.74 Å². The van der Waals surface area contributed by atoms with Crippen LogP contribution in [0.5, 0.6) is 0 Å². The Balaban J connectivity index is 1.96. The van der Waals surface area contributed by atoms with Gasteiger partial charge in [-0.2, -0.15) is 0 Å². The summed E-state index contributed by atoms with van der Waals surface area (Å²) in [5, 5.41) is 10.6. The molecule has 1 N–H and O–H groups in total. The third-order valence-electron chi connectivity index (χ3n) is 3.94. The fourth-order valence-electron chi connectivity index (χ4n) is 3.00. The quantitative estimate of drug-likeness (QED) is 0.701. The molecule has 0 amide bonds. The third-order valence-corrected chi connectivity index (χ3v) is 3.94. The first-order chi connectivity index (χ1) is 6.81. The smallest absolute Gasteiger partial charge is 0.0698 e. The standard InChI is InChI=1S/C12H22O2/c13-12(7-4-9-14-10-8-12)11-5-2-1-3-6-11/h11,13H,1-10H2. The molecule has 1 heterocycles. The minimum Gasteiger partial charge on any atom is -0.390 e. The molecule has 1 aliphatic heterocycles. The highest BCUT2D eigenvalue weighted by molar-refractivity contribution is 4.89. The van der Waals surface area contributed by atoms with Crippen LogP contribution in [0.1, 0.15) is 51.4 Å². The molecule has 1 unspecified atom stereocenters. The van der Waals surface area contributed by atoms with Crippen molar-refractivity contribution in [2.75, 3.05) is 13.2 Å². The highest BCUT2D eigenvalue weighted by atomic mass is 16.5. The van der Waals surface area contributed by atoms with E-state index in [0.29, 0.717) is 5.92 Å². The summed E-state index contributed by atoms with van der Waals surface area (Å²) in [6.07, 6.45) is 9.31. The zero-order chi connectivity index (χ0) is 9.86. The fourth-order valence-corrected chi connectivity index (χ4v) is 3.00. The van der Waals surface area contributed by atoms with Crippen LogP contribution in [0.15, 0.2) is 0 Å². The number of ether oxygens (including phenoxy) is 1. The number of hydrogen-bond donors (Lipinski definition) is 1. The van der Waals surface area contributed by atoms with Crippen molar-refractivity contribution in [3.63, 3.8) is 0 Å². The highest BCUT2D eigenvalue weighted by Gasteiger charge is 2.37. The molecule has 0 spiro atoms. The summed E-state index contributed by atoms with van der Waals surface area (Å²) in [6, 6.07) is 0. The molecule has 1 saturated carbocycles. The lowest BCUT2D eigenvalue weighted by Crippen LogP contribution is -2.39. The van der Waals surface area contributed by atoms with Crippen LogP contribution >= 0.6 is 0 Å². The van der Waals surface area contributed by atoms with Gasteiger partial charge in [-0.15, -0.1) is 0 Å². The van der Waals surface area contributed by atoms with Crippen LogP contribution in [0.4, 0.5) is 0 Å². The molecular formula is C12H22O2. The van der Waals surface area contributed by atoms with Gasteiger partial charge in [0.05, 0.1) is 5.60 Å². The molecule has 0 radical (unpaired) electrons. The summed E-state index contributed by atoms with van der Waals surface area (Å²) < 4.78 is 5.42. The van der Waals surface area contributed by atoms with Crippen LogP contribution in [0, 0.1) is 5.92 Å². The second-order valence-corrected chi connectivity index (χ2v) is 4.90. The van der Waals surface area contributed by atoms with Crippen LogP contribution < -0.4 is 0 Å². The van der Waals surface area contributed by atoms with Crippen molar-refractivity contribution in [2.45, 2.75) is 57.0 Å². The van der Waals surface area contributed by atoms with Crippen molar-refractivity contribution in [3.05, 3.63) is 0 Å². The van der Waals surface area contributed by atoms with Crippen LogP contribution in [0.2, 0.25) is 0 Å². The molecule has 1 saturated heterocycles. The predicted molar refractivity (Wildman–Crippen MR) is 56.2 cm³/mol. The Bertz CT molecular complexity index is 165. The Labute approximate surface area is 86.6 Å². The summed E-state index contributed by atoms with van der Waals surface area (Å²) in [5.41, 5.74) is -0.392. The van der Waals surface area contributed by atoms with E-state index in [9.17, 15) is 5.11 Å². The maximum absolute atomic E-state index is 10.6. The predicted octanol–water partition coefficient (Wildman–Crippen LogP) is 2.50. The first-order valence-corrected chi connectivity index (χ1v) is 6.11. The fraction of sp³-hybridized carbons (Fsp3) is 1.00. The lowest BCUT2D eigenvalue weighted by atomic mass is 9.73. The molecule has 14 heavy (non-hydrogen) atoms. The van der Waals surface area contributed by atoms with Crippen LogP contribution in [0.3, 0.4) is 0 Å². The monoisotopic (exact) mass is 198 g/mol. The molecule has 2 heteroatoms. The molecule has 82 valence electrons. The lowest BCUT2D eigenvalue weighted by Gasteiger charge is -2.37. The van der Waals surface area contributed by atoms with E-state index in [1.165, 1.54) is 32.1 Å². The van der Waals surface area contributed by atoms with Crippen molar-refractivity contribution in [2.24, 2.45) is 5.92 Å². The summed E-state index contributed by atoms with van der Waals surface area (Å²) >= 11 is 0. The topological polar surface area (TPSA) is 29.5 Å². The zero-order valence-electron chi connectivity index (χ0n) is 9.00. The minimum atomic E-state index is -0.392. The van der Waals surface area contributed by atoms with E-state index in [-0.39, 0.29) is 0 Å². The summed E-state index contributed by atoms with van der Waals surface area (Å²) in [6.45, 7) is 1.60. The first kappa shape index (κ1) is 10.4. The van der Waals surface area contributed by atoms with E-state index < -0.39 is 5.60 Å². The highest BCUT2D eigenvalue weighted by Crippen LogP contribution is 2.38. The van der Waals surface area contributed by atoms with Gasteiger partial charge in [-0.1, -0.05) is 19.3 Å². The van der Waals surface area contributed by atoms with Gasteiger partial charge in [0.2, 0.25) is 0 Å². The molecule has 2 fully saturated rings. The molecular weight excluding hydrogens is 176 g/mol. The van der Waals surface area contributed by atoms with E-state index in [2.05, 4.69) is 0 Å². The Morgan fingerprint density at radius 1 is 0.929 bits per heavy atom. The summed E-state index contributed by atoms with van der Waals surface area (Å²) in [4.78, 5) is 0. The van der Waals surface area contributed by atoms with Crippen molar-refractivity contribution in [1.29, 1.82) is 0 Å². The molecule has 2 nitrogen and oxygen atoms in total. The van der Waals surface area contributed by atoms with Gasteiger partial charge in [-0.25, -0.2) is 0 Å². The molecule has 0 aromatic carbocycles. The maximum atomic E-state index is 10.6. The Kier molecular flexibility index (Phi) is 3.45. The average molecular weight is 198 g/mol. The van der Waals surface area contributed by atoms with Gasteiger partial charge >= 0.3 is 0 Å². The molecule has 2 rings (SSSR count). The second-order valence-electron chi connectivity index (χ2n) is 4.90. The Morgan fingerprint density at radius 2 is 1.71 bits per heavy atom. The van der Waals surface area contributed by atoms with Gasteiger partial charge in [-0.05, 0) is 38.0 Å². The Morgan fingerprint density at radius 3 is 2.50 bits per heavy atom. The maximum Gasteiger partial charge on any atom is 0.0698 e. The molecule has 0 bridgehead atoms. The van der Waals surface area contributed by atoms with Crippen molar-refractivity contribution >= 4 is 0 Å². The van der Waals surface area contributed by atoms with E-state index >= 15 is 0 Å². The van der Waals surface area contributed by atoms with Crippen molar-refractivity contribution < 1.29 is 9.84 Å². The average Bonchev–Trinajstić information content (AvgIpc) is 2.46. The Hall–Kier alpha value is -0.0800. The molecule has 1 aliphatic carbocycles. The van der Waals surface area contributed by atoms with Crippen molar-refractivity contribution in [3.8, 4) is 0 Å². The molecule has 1 atom stereocenters. The zero-order valence-corrected chi connectivity index (χ0v) is 9.00. The van der Waals surface area contributed by atoms with Crippen LogP contribution in [-0.4, -0.2) is 23.9 Å². The SMILES string of the molecule is OC1(C2CCCCC2)CCCOCC1. The summed E-state index contributed by atoms with van der Waals surface area (Å²) in [7, 11) is 0. The molecule has 0 aromatic heterocycles. The van der Waals surface area contributed by atoms with Gasteiger partial charge in [0.1, 0.15) is 0 Å². The lowest BCUT2D eigenvalue weighted by molar-refractivity contribution is -0.0479. The molecule has 0 aromatic rings. The first-order valence-electron chi connectivity index (χ1n) is 6.11. The normalized spacial score (nSPS) is 36.6. The third kappa shape index (κ3) is 2.29. The second kappa shape index (κ2) is 4.63. The number of rotatable bonds is 1. The molecule has 2 aliphatic rings. The summed E-state index contributed by atoms with van der Waals surface area (Å²) in [5.74, 6) is 0.554. The van der Waals surface area contributed by atoms with Gasteiger partial charge in [0, 0.05) is 13.2 Å². The van der Waals surface area contributed by atoms with E-state index in [0.717, 1.165) is 32.5 Å². The van der Waals surface area contributed by atoms with Gasteiger partial charge in [0.15, 0.2) is 0 Å². The van der Waals surface area contributed by atoms with Gasteiger partial charge in [-0.3, -0.25) is 0 Å². The number of aliphatic hydroxyl groups is 1. The largest absolute Gasteiger partial charge is 0.390 e. The number of hydrogen-bond acceptors (Lipinski definition) is 2. The van der Waals surface area contributed by atoms with E-state index in [1.807, 2.05) is 0 Å². The van der Waals surface area contributed by atoms with Gasteiger partial charge < -0.3 is 9.84 Å². The van der Waals surface area contributed by atoms with E-state index in [1.54, 1.807) is 0 Å². The van der Waals surface area contributed by atoms with Gasteiger partial charge in [0.25, 0.3) is 0 Å². The van der Waals surface area contributed by atoms with Crippen LogP contribution in [0.25, 0.3) is 0 Å². The van der Waals surface area contributed by atoms with E-state index in [4.69, 9.17) is 4.74 Å². The van der Waals surface area contributed by atoms with Crippen molar-refractivity contribution in [1.82, 2.24) is 0 Å². The minimum absolute atomic E-state index is 0.392.